The topological polar surface area (TPSA) is 86.8 Å². The quantitative estimate of drug-likeness (QED) is 0.584. The number of likely N-dealkylation sites (N-methyl/N-ethyl adjacent to an activating group) is 1. The van der Waals surface area contributed by atoms with Crippen LogP contribution < -0.4 is 9.62 Å². The number of hydrogen-bond acceptors (Lipinski definition) is 4. The summed E-state index contributed by atoms with van der Waals surface area (Å²) in [5.41, 5.74) is 1.34. The minimum absolute atomic E-state index is 0.277. The number of nitrogens with zero attached hydrogens (tertiary/aromatic N) is 2. The van der Waals surface area contributed by atoms with Gasteiger partial charge in [-0.05, 0) is 50.1 Å². The van der Waals surface area contributed by atoms with E-state index in [4.69, 9.17) is 11.6 Å². The van der Waals surface area contributed by atoms with Gasteiger partial charge in [0.25, 0.3) is 0 Å². The van der Waals surface area contributed by atoms with E-state index in [1.165, 1.54) is 17.0 Å². The standard InChI is InChI=1S/C22H28ClN3O4S/c1-4-24-22(28)17(2)25(15-14-18-8-6-5-7-9-18)21(27)16-26(31(3,29)30)20-12-10-19(23)11-13-20/h5-13,17H,4,14-16H2,1-3H3,(H,24,28)/t17-/m1/s1. The van der Waals surface area contributed by atoms with E-state index in [-0.39, 0.29) is 12.5 Å². The third kappa shape index (κ3) is 7.25. The minimum Gasteiger partial charge on any atom is -0.355 e. The van der Waals surface area contributed by atoms with Crippen LogP contribution in [-0.2, 0) is 26.0 Å². The van der Waals surface area contributed by atoms with Crippen LogP contribution in [0.4, 0.5) is 5.69 Å². The van der Waals surface area contributed by atoms with Gasteiger partial charge in [0, 0.05) is 18.1 Å². The van der Waals surface area contributed by atoms with Crippen molar-refractivity contribution in [2.45, 2.75) is 26.3 Å². The first-order chi connectivity index (χ1) is 14.6. The van der Waals surface area contributed by atoms with Crippen molar-refractivity contribution in [3.63, 3.8) is 0 Å². The van der Waals surface area contributed by atoms with E-state index in [1.54, 1.807) is 26.0 Å². The molecule has 1 atom stereocenters. The summed E-state index contributed by atoms with van der Waals surface area (Å²) in [5, 5.41) is 3.18. The van der Waals surface area contributed by atoms with Crippen LogP contribution >= 0.6 is 11.6 Å². The highest BCUT2D eigenvalue weighted by Crippen LogP contribution is 2.21. The Morgan fingerprint density at radius 1 is 1.06 bits per heavy atom. The maximum absolute atomic E-state index is 13.2. The van der Waals surface area contributed by atoms with Gasteiger partial charge in [-0.3, -0.25) is 13.9 Å². The molecule has 0 aliphatic carbocycles. The molecule has 7 nitrogen and oxygen atoms in total. The normalized spacial score (nSPS) is 12.1. The van der Waals surface area contributed by atoms with Crippen LogP contribution in [0.2, 0.25) is 5.02 Å². The molecule has 0 aromatic heterocycles. The van der Waals surface area contributed by atoms with Crippen LogP contribution in [0.15, 0.2) is 54.6 Å². The predicted octanol–water partition coefficient (Wildman–Crippen LogP) is 2.70. The minimum atomic E-state index is -3.74. The highest BCUT2D eigenvalue weighted by atomic mass is 35.5. The van der Waals surface area contributed by atoms with Crippen molar-refractivity contribution in [3.8, 4) is 0 Å². The van der Waals surface area contributed by atoms with Crippen LogP contribution in [-0.4, -0.2) is 57.1 Å². The maximum atomic E-state index is 13.2. The smallest absolute Gasteiger partial charge is 0.244 e. The fourth-order valence-electron chi connectivity index (χ4n) is 3.11. The molecule has 0 aliphatic rings. The summed E-state index contributed by atoms with van der Waals surface area (Å²) in [4.78, 5) is 27.1. The summed E-state index contributed by atoms with van der Waals surface area (Å²) in [6.45, 7) is 3.73. The second kappa shape index (κ2) is 11.2. The lowest BCUT2D eigenvalue weighted by atomic mass is 10.1. The van der Waals surface area contributed by atoms with Gasteiger partial charge < -0.3 is 10.2 Å². The first-order valence-electron chi connectivity index (χ1n) is 9.98. The van der Waals surface area contributed by atoms with E-state index in [0.717, 1.165) is 16.1 Å². The Hall–Kier alpha value is -2.58. The number of halogens is 1. The zero-order chi connectivity index (χ0) is 23.0. The fourth-order valence-corrected chi connectivity index (χ4v) is 4.09. The first kappa shape index (κ1) is 24.7. The SMILES string of the molecule is CCNC(=O)[C@@H](C)N(CCc1ccccc1)C(=O)CN(c1ccc(Cl)cc1)S(C)(=O)=O. The molecule has 168 valence electrons. The molecule has 2 aromatic carbocycles. The molecular weight excluding hydrogens is 438 g/mol. The molecule has 0 aliphatic heterocycles. The Labute approximate surface area is 189 Å². The van der Waals surface area contributed by atoms with Crippen molar-refractivity contribution >= 4 is 39.1 Å². The molecule has 1 N–H and O–H groups in total. The van der Waals surface area contributed by atoms with Crippen molar-refractivity contribution in [2.24, 2.45) is 0 Å². The third-order valence-corrected chi connectivity index (χ3v) is 6.19. The summed E-state index contributed by atoms with van der Waals surface area (Å²) >= 11 is 5.90. The van der Waals surface area contributed by atoms with Crippen LogP contribution in [0, 0.1) is 0 Å². The average molecular weight is 466 g/mol. The molecule has 2 amide bonds. The van der Waals surface area contributed by atoms with Crippen molar-refractivity contribution < 1.29 is 18.0 Å². The molecule has 0 saturated heterocycles. The molecule has 9 heteroatoms. The molecule has 31 heavy (non-hydrogen) atoms. The Morgan fingerprint density at radius 2 is 1.68 bits per heavy atom. The molecule has 0 spiro atoms. The van der Waals surface area contributed by atoms with Gasteiger partial charge in [0.2, 0.25) is 21.8 Å². The van der Waals surface area contributed by atoms with Gasteiger partial charge in [0.1, 0.15) is 12.6 Å². The lowest BCUT2D eigenvalue weighted by Gasteiger charge is -2.31. The van der Waals surface area contributed by atoms with Gasteiger partial charge in [-0.1, -0.05) is 41.9 Å². The zero-order valence-electron chi connectivity index (χ0n) is 17.9. The number of rotatable bonds is 10. The Kier molecular flexibility index (Phi) is 8.88. The monoisotopic (exact) mass is 465 g/mol. The van der Waals surface area contributed by atoms with Gasteiger partial charge in [-0.25, -0.2) is 8.42 Å². The summed E-state index contributed by atoms with van der Waals surface area (Å²) in [5.74, 6) is -0.753. The van der Waals surface area contributed by atoms with Crippen molar-refractivity contribution in [1.29, 1.82) is 0 Å². The summed E-state index contributed by atoms with van der Waals surface area (Å²) in [6, 6.07) is 15.0. The van der Waals surface area contributed by atoms with Crippen LogP contribution in [0.5, 0.6) is 0 Å². The Balaban J connectivity index is 2.28. The summed E-state index contributed by atoms with van der Waals surface area (Å²) in [6.07, 6.45) is 1.58. The molecule has 0 heterocycles. The largest absolute Gasteiger partial charge is 0.355 e. The molecule has 0 bridgehead atoms. The lowest BCUT2D eigenvalue weighted by Crippen LogP contribution is -2.52. The number of benzene rings is 2. The predicted molar refractivity (Wildman–Crippen MR) is 124 cm³/mol. The molecule has 0 radical (unpaired) electrons. The second-order valence-electron chi connectivity index (χ2n) is 7.14. The van der Waals surface area contributed by atoms with E-state index in [0.29, 0.717) is 23.7 Å². The average Bonchev–Trinajstić information content (AvgIpc) is 2.73. The van der Waals surface area contributed by atoms with E-state index >= 15 is 0 Å². The highest BCUT2D eigenvalue weighted by molar-refractivity contribution is 7.92. The molecule has 2 aromatic rings. The Morgan fingerprint density at radius 3 is 2.23 bits per heavy atom. The molecule has 2 rings (SSSR count). The van der Waals surface area contributed by atoms with Crippen LogP contribution in [0.25, 0.3) is 0 Å². The van der Waals surface area contributed by atoms with Gasteiger partial charge in [-0.15, -0.1) is 0 Å². The number of hydrogen-bond donors (Lipinski definition) is 1. The Bertz CT molecular complexity index is 982. The third-order valence-electron chi connectivity index (χ3n) is 4.80. The van der Waals surface area contributed by atoms with Crippen LogP contribution in [0.1, 0.15) is 19.4 Å². The number of nitrogens with one attached hydrogen (secondary N) is 1. The van der Waals surface area contributed by atoms with E-state index in [1.807, 2.05) is 30.3 Å². The summed E-state index contributed by atoms with van der Waals surface area (Å²) in [7, 11) is -3.74. The van der Waals surface area contributed by atoms with Gasteiger partial charge in [0.15, 0.2) is 0 Å². The molecule has 0 saturated carbocycles. The number of sulfonamides is 1. The first-order valence-corrected chi connectivity index (χ1v) is 12.2. The number of anilines is 1. The van der Waals surface area contributed by atoms with E-state index < -0.39 is 28.5 Å². The van der Waals surface area contributed by atoms with E-state index in [9.17, 15) is 18.0 Å². The number of carbonyl (C=O) groups excluding carboxylic acids is 2. The molecule has 0 fully saturated rings. The van der Waals surface area contributed by atoms with Crippen molar-refractivity contribution in [2.75, 3.05) is 30.2 Å². The molecule has 0 unspecified atom stereocenters. The van der Waals surface area contributed by atoms with E-state index in [2.05, 4.69) is 5.32 Å². The van der Waals surface area contributed by atoms with Crippen molar-refractivity contribution in [1.82, 2.24) is 10.2 Å². The number of carbonyl (C=O) groups is 2. The zero-order valence-corrected chi connectivity index (χ0v) is 19.5. The van der Waals surface area contributed by atoms with Crippen LogP contribution in [0.3, 0.4) is 0 Å². The highest BCUT2D eigenvalue weighted by Gasteiger charge is 2.29. The van der Waals surface area contributed by atoms with Gasteiger partial charge in [0.05, 0.1) is 11.9 Å². The molecular formula is C22H28ClN3O4S. The second-order valence-corrected chi connectivity index (χ2v) is 9.48. The maximum Gasteiger partial charge on any atom is 0.244 e. The van der Waals surface area contributed by atoms with Crippen molar-refractivity contribution in [3.05, 3.63) is 65.2 Å². The summed E-state index contributed by atoms with van der Waals surface area (Å²) < 4.78 is 25.8. The number of amides is 2. The van der Waals surface area contributed by atoms with Gasteiger partial charge in [-0.2, -0.15) is 0 Å². The lowest BCUT2D eigenvalue weighted by molar-refractivity contribution is -0.138. The fraction of sp³-hybridized carbons (Fsp3) is 0.364. The van der Waals surface area contributed by atoms with Gasteiger partial charge >= 0.3 is 0 Å².